The number of nitrogens with zero attached hydrogens (tertiary/aromatic N) is 1. The van der Waals surface area contributed by atoms with Crippen molar-refractivity contribution in [3.05, 3.63) is 40.5 Å². The van der Waals surface area contributed by atoms with Crippen LogP contribution in [-0.2, 0) is 15.6 Å². The molecule has 1 aromatic heterocycles. The highest BCUT2D eigenvalue weighted by molar-refractivity contribution is 9.10. The summed E-state index contributed by atoms with van der Waals surface area (Å²) in [6.45, 7) is 0.147. The smallest absolute Gasteiger partial charge is 0.231 e. The van der Waals surface area contributed by atoms with E-state index in [4.69, 9.17) is 15.2 Å². The maximum absolute atomic E-state index is 12.5. The minimum atomic E-state index is -3.60. The highest BCUT2D eigenvalue weighted by Crippen LogP contribution is 2.34. The number of fused-ring (bicyclic) bond motifs is 1. The van der Waals surface area contributed by atoms with Crippen LogP contribution >= 0.6 is 15.9 Å². The van der Waals surface area contributed by atoms with Crippen LogP contribution in [-0.4, -0.2) is 20.2 Å². The van der Waals surface area contributed by atoms with Gasteiger partial charge in [0.25, 0.3) is 0 Å². The monoisotopic (exact) mass is 370 g/mol. The lowest BCUT2D eigenvalue weighted by atomic mass is 10.2. The molecule has 1 aromatic carbocycles. The number of benzene rings is 1. The Kier molecular flexibility index (Phi) is 3.50. The summed E-state index contributed by atoms with van der Waals surface area (Å²) in [4.78, 5) is 3.86. The van der Waals surface area contributed by atoms with E-state index in [9.17, 15) is 8.42 Å². The van der Waals surface area contributed by atoms with Crippen LogP contribution in [0.3, 0.4) is 0 Å². The molecule has 0 radical (unpaired) electrons. The molecule has 0 bridgehead atoms. The first-order valence-corrected chi connectivity index (χ1v) is 8.42. The molecular formula is C13H11BrN2O4S. The van der Waals surface area contributed by atoms with Gasteiger partial charge in [0.2, 0.25) is 6.79 Å². The third-order valence-electron chi connectivity index (χ3n) is 2.98. The van der Waals surface area contributed by atoms with Crippen LogP contribution in [0.4, 0.5) is 5.82 Å². The quantitative estimate of drug-likeness (QED) is 0.889. The number of sulfone groups is 1. The number of hydrogen-bond donors (Lipinski definition) is 1. The first-order chi connectivity index (χ1) is 9.95. The van der Waals surface area contributed by atoms with Gasteiger partial charge in [0.1, 0.15) is 10.7 Å². The number of aromatic nitrogens is 1. The summed E-state index contributed by atoms with van der Waals surface area (Å²) in [5, 5.41) is 0. The molecule has 8 heteroatoms. The second-order valence-corrected chi connectivity index (χ2v) is 7.36. The Labute approximate surface area is 129 Å². The van der Waals surface area contributed by atoms with Crippen molar-refractivity contribution in [2.75, 3.05) is 12.5 Å². The van der Waals surface area contributed by atoms with E-state index >= 15 is 0 Å². The lowest BCUT2D eigenvalue weighted by Crippen LogP contribution is -2.09. The van der Waals surface area contributed by atoms with E-state index in [0.717, 1.165) is 0 Å². The average molecular weight is 371 g/mol. The average Bonchev–Trinajstić information content (AvgIpc) is 2.88. The molecule has 110 valence electrons. The molecule has 3 rings (SSSR count). The van der Waals surface area contributed by atoms with Crippen LogP contribution in [0.25, 0.3) is 0 Å². The number of hydrogen-bond acceptors (Lipinski definition) is 6. The normalized spacial score (nSPS) is 13.4. The minimum absolute atomic E-state index is 0.00884. The molecule has 0 atom stereocenters. The third-order valence-corrected chi connectivity index (χ3v) is 5.12. The molecule has 0 spiro atoms. The second kappa shape index (κ2) is 5.19. The summed E-state index contributed by atoms with van der Waals surface area (Å²) >= 11 is 3.20. The van der Waals surface area contributed by atoms with Crippen molar-refractivity contribution in [3.8, 4) is 11.5 Å². The summed E-state index contributed by atoms with van der Waals surface area (Å²) in [5.41, 5.74) is 6.26. The third kappa shape index (κ3) is 2.81. The lowest BCUT2D eigenvalue weighted by molar-refractivity contribution is 0.174. The van der Waals surface area contributed by atoms with Crippen LogP contribution < -0.4 is 15.2 Å². The van der Waals surface area contributed by atoms with Crippen molar-refractivity contribution in [2.45, 2.75) is 10.6 Å². The molecule has 21 heavy (non-hydrogen) atoms. The summed E-state index contributed by atoms with van der Waals surface area (Å²) in [5.74, 6) is 0.952. The van der Waals surface area contributed by atoms with Gasteiger partial charge in [0.15, 0.2) is 21.3 Å². The highest BCUT2D eigenvalue weighted by atomic mass is 79.9. The van der Waals surface area contributed by atoms with Crippen LogP contribution in [0.15, 0.2) is 39.8 Å². The molecule has 6 nitrogen and oxygen atoms in total. The topological polar surface area (TPSA) is 91.5 Å². The zero-order valence-electron chi connectivity index (χ0n) is 10.7. The summed E-state index contributed by atoms with van der Waals surface area (Å²) in [6, 6.07) is 6.48. The van der Waals surface area contributed by atoms with E-state index in [1.165, 1.54) is 12.3 Å². The molecule has 0 saturated heterocycles. The predicted octanol–water partition coefficient (Wildman–Crippen LogP) is 2.13. The fraction of sp³-hybridized carbons (Fsp3) is 0.154. The molecule has 1 aliphatic rings. The Balaban J connectivity index is 1.94. The number of ether oxygens (including phenoxy) is 2. The number of nitrogens with two attached hydrogens (primary N) is 1. The number of anilines is 1. The van der Waals surface area contributed by atoms with Crippen molar-refractivity contribution in [1.82, 2.24) is 4.98 Å². The van der Waals surface area contributed by atoms with E-state index in [2.05, 4.69) is 20.9 Å². The van der Waals surface area contributed by atoms with Crippen LogP contribution in [0.1, 0.15) is 5.56 Å². The number of pyridine rings is 1. The van der Waals surface area contributed by atoms with Gasteiger partial charge < -0.3 is 15.2 Å². The molecule has 2 N–H and O–H groups in total. The van der Waals surface area contributed by atoms with E-state index in [1.54, 1.807) is 18.2 Å². The van der Waals surface area contributed by atoms with E-state index in [0.29, 0.717) is 21.5 Å². The Hall–Kier alpha value is -1.80. The Morgan fingerprint density at radius 1 is 1.24 bits per heavy atom. The number of rotatable bonds is 3. The molecule has 0 amide bonds. The summed E-state index contributed by atoms with van der Waals surface area (Å²) in [7, 11) is -3.60. The molecule has 0 unspecified atom stereocenters. The van der Waals surface area contributed by atoms with Crippen molar-refractivity contribution >= 4 is 31.6 Å². The van der Waals surface area contributed by atoms with Crippen LogP contribution in [0.5, 0.6) is 11.5 Å². The van der Waals surface area contributed by atoms with Gasteiger partial charge >= 0.3 is 0 Å². The van der Waals surface area contributed by atoms with E-state index in [1.807, 2.05) is 0 Å². The zero-order valence-corrected chi connectivity index (χ0v) is 13.1. The van der Waals surface area contributed by atoms with Gasteiger partial charge in [0, 0.05) is 10.7 Å². The van der Waals surface area contributed by atoms with Gasteiger partial charge in [-0.15, -0.1) is 0 Å². The fourth-order valence-electron chi connectivity index (χ4n) is 2.01. The molecule has 2 heterocycles. The van der Waals surface area contributed by atoms with Gasteiger partial charge in [-0.1, -0.05) is 6.07 Å². The molecule has 2 aromatic rings. The SMILES string of the molecule is Nc1ncc(Br)cc1S(=O)(=O)Cc1ccc2c(c1)OCO2. The molecule has 0 aliphatic carbocycles. The highest BCUT2D eigenvalue weighted by Gasteiger charge is 2.21. The van der Waals surface area contributed by atoms with Crippen LogP contribution in [0, 0.1) is 0 Å². The first kappa shape index (κ1) is 14.2. The number of halogens is 1. The van der Waals surface area contributed by atoms with E-state index in [-0.39, 0.29) is 23.3 Å². The molecule has 1 aliphatic heterocycles. The van der Waals surface area contributed by atoms with Crippen molar-refractivity contribution in [2.24, 2.45) is 0 Å². The van der Waals surface area contributed by atoms with Gasteiger partial charge in [-0.25, -0.2) is 13.4 Å². The Bertz CT molecular complexity index is 808. The van der Waals surface area contributed by atoms with Crippen molar-refractivity contribution in [3.63, 3.8) is 0 Å². The maximum Gasteiger partial charge on any atom is 0.231 e. The fourth-order valence-corrected chi connectivity index (χ4v) is 3.94. The maximum atomic E-state index is 12.5. The Morgan fingerprint density at radius 2 is 2.00 bits per heavy atom. The summed E-state index contributed by atoms with van der Waals surface area (Å²) < 4.78 is 35.9. The minimum Gasteiger partial charge on any atom is -0.454 e. The van der Waals surface area contributed by atoms with Gasteiger partial charge in [-0.2, -0.15) is 0 Å². The standard InChI is InChI=1S/C13H11BrN2O4S/c14-9-4-12(13(15)16-5-9)21(17,18)6-8-1-2-10-11(3-8)20-7-19-10/h1-5H,6-7H2,(H2,15,16). The van der Waals surface area contributed by atoms with Gasteiger partial charge in [-0.3, -0.25) is 0 Å². The van der Waals surface area contributed by atoms with E-state index < -0.39 is 9.84 Å². The molecule has 0 fully saturated rings. The Morgan fingerprint density at radius 3 is 2.81 bits per heavy atom. The lowest BCUT2D eigenvalue weighted by Gasteiger charge is -2.08. The predicted molar refractivity (Wildman–Crippen MR) is 79.8 cm³/mol. The van der Waals surface area contributed by atoms with Gasteiger partial charge in [-0.05, 0) is 39.7 Å². The van der Waals surface area contributed by atoms with Crippen LogP contribution in [0.2, 0.25) is 0 Å². The first-order valence-electron chi connectivity index (χ1n) is 5.98. The molecule has 0 saturated carbocycles. The zero-order chi connectivity index (χ0) is 15.0. The second-order valence-electron chi connectivity index (χ2n) is 4.48. The number of nitrogen functional groups attached to an aromatic ring is 1. The van der Waals surface area contributed by atoms with Crippen molar-refractivity contribution < 1.29 is 17.9 Å². The van der Waals surface area contributed by atoms with Gasteiger partial charge in [0.05, 0.1) is 5.75 Å². The largest absolute Gasteiger partial charge is 0.454 e. The summed E-state index contributed by atoms with van der Waals surface area (Å²) in [6.07, 6.45) is 1.45. The molecular weight excluding hydrogens is 360 g/mol. The van der Waals surface area contributed by atoms with Crippen molar-refractivity contribution in [1.29, 1.82) is 0 Å².